The van der Waals surface area contributed by atoms with Crippen molar-refractivity contribution in [1.29, 1.82) is 0 Å². The van der Waals surface area contributed by atoms with E-state index in [2.05, 4.69) is 6.07 Å². The summed E-state index contributed by atoms with van der Waals surface area (Å²) in [5, 5.41) is 8.85. The highest BCUT2D eigenvalue weighted by atomic mass is 32.2. The Morgan fingerprint density at radius 3 is 2.37 bits per heavy atom. The second kappa shape index (κ2) is 5.93. The van der Waals surface area contributed by atoms with E-state index < -0.39 is 11.2 Å². The molecule has 2 rings (SSSR count). The second-order valence-corrected chi connectivity index (χ2v) is 5.66. The molecule has 2 aromatic carbocycles. The molecule has 19 heavy (non-hydrogen) atoms. The molecule has 0 aromatic heterocycles. The van der Waals surface area contributed by atoms with Crippen LogP contribution in [0.4, 0.5) is 0 Å². The molecule has 0 saturated carbocycles. The lowest BCUT2D eigenvalue weighted by atomic mass is 10.1. The Hall–Kier alpha value is -1.74. The number of benzene rings is 2. The van der Waals surface area contributed by atoms with Gasteiger partial charge in [0.1, 0.15) is 5.25 Å². The van der Waals surface area contributed by atoms with E-state index >= 15 is 0 Å². The maximum absolute atomic E-state index is 11.5. The highest BCUT2D eigenvalue weighted by molar-refractivity contribution is 8.00. The molecule has 0 radical (unpaired) electrons. The van der Waals surface area contributed by atoms with E-state index in [0.29, 0.717) is 0 Å². The molecule has 0 heterocycles. The number of carbonyl (C=O) groups is 1. The molecular formula is C16H16O2S. The Kier molecular flexibility index (Phi) is 4.27. The number of hydrogen-bond acceptors (Lipinski definition) is 2. The molecule has 98 valence electrons. The first kappa shape index (κ1) is 13.7. The molecule has 0 spiro atoms. The minimum absolute atomic E-state index is 0.567. The molecule has 1 atom stereocenters. The van der Waals surface area contributed by atoms with Crippen molar-refractivity contribution in [2.45, 2.75) is 24.0 Å². The van der Waals surface area contributed by atoms with Gasteiger partial charge in [0.2, 0.25) is 0 Å². The third-order valence-electron chi connectivity index (χ3n) is 2.90. The molecule has 0 saturated heterocycles. The van der Waals surface area contributed by atoms with E-state index in [1.165, 1.54) is 17.3 Å². The molecule has 0 amide bonds. The van der Waals surface area contributed by atoms with E-state index in [4.69, 9.17) is 0 Å². The Labute approximate surface area is 117 Å². The lowest BCUT2D eigenvalue weighted by molar-refractivity contribution is -0.136. The van der Waals surface area contributed by atoms with Crippen molar-refractivity contribution in [2.24, 2.45) is 0 Å². The monoisotopic (exact) mass is 272 g/mol. The van der Waals surface area contributed by atoms with Gasteiger partial charge in [-0.2, -0.15) is 0 Å². The zero-order chi connectivity index (χ0) is 13.8. The van der Waals surface area contributed by atoms with Gasteiger partial charge in [-0.05, 0) is 31.0 Å². The van der Waals surface area contributed by atoms with Gasteiger partial charge in [0.15, 0.2) is 0 Å². The lowest BCUT2D eigenvalue weighted by Gasteiger charge is -2.14. The van der Waals surface area contributed by atoms with Crippen LogP contribution in [0.3, 0.4) is 0 Å². The van der Waals surface area contributed by atoms with Crippen molar-refractivity contribution in [3.05, 3.63) is 65.2 Å². The number of thioether (sulfide) groups is 1. The van der Waals surface area contributed by atoms with Crippen molar-refractivity contribution >= 4 is 17.7 Å². The van der Waals surface area contributed by atoms with Crippen LogP contribution in [0.1, 0.15) is 21.9 Å². The van der Waals surface area contributed by atoms with Gasteiger partial charge in [0.05, 0.1) is 0 Å². The number of carboxylic acid groups (broad SMARTS) is 1. The Bertz CT molecular complexity index is 579. The van der Waals surface area contributed by atoms with Gasteiger partial charge < -0.3 is 5.11 Å². The number of carboxylic acids is 1. The molecule has 2 aromatic rings. The molecule has 3 heteroatoms. The van der Waals surface area contributed by atoms with Gasteiger partial charge in [-0.3, -0.25) is 4.79 Å². The predicted molar refractivity (Wildman–Crippen MR) is 78.6 cm³/mol. The molecule has 2 nitrogen and oxygen atoms in total. The van der Waals surface area contributed by atoms with E-state index in [1.807, 2.05) is 56.3 Å². The topological polar surface area (TPSA) is 37.3 Å². The summed E-state index contributed by atoms with van der Waals surface area (Å²) in [5.41, 5.74) is 3.13. The Morgan fingerprint density at radius 1 is 1.11 bits per heavy atom. The Morgan fingerprint density at radius 2 is 1.79 bits per heavy atom. The number of aryl methyl sites for hydroxylation is 2. The van der Waals surface area contributed by atoms with Crippen molar-refractivity contribution in [3.63, 3.8) is 0 Å². The zero-order valence-electron chi connectivity index (χ0n) is 11.0. The zero-order valence-corrected chi connectivity index (χ0v) is 11.8. The molecule has 1 unspecified atom stereocenters. The minimum atomic E-state index is -0.809. The summed E-state index contributed by atoms with van der Waals surface area (Å²) in [6.07, 6.45) is 0. The van der Waals surface area contributed by atoms with Crippen LogP contribution < -0.4 is 0 Å². The van der Waals surface area contributed by atoms with Gasteiger partial charge in [-0.25, -0.2) is 0 Å². The highest BCUT2D eigenvalue weighted by Crippen LogP contribution is 2.37. The average Bonchev–Trinajstić information content (AvgIpc) is 2.38. The largest absolute Gasteiger partial charge is 0.480 e. The van der Waals surface area contributed by atoms with Crippen LogP contribution in [-0.4, -0.2) is 11.1 Å². The van der Waals surface area contributed by atoms with E-state index in [-0.39, 0.29) is 0 Å². The molecule has 0 aliphatic rings. The molecule has 0 aliphatic carbocycles. The van der Waals surface area contributed by atoms with Crippen LogP contribution in [0.5, 0.6) is 0 Å². The lowest BCUT2D eigenvalue weighted by Crippen LogP contribution is -2.08. The smallest absolute Gasteiger partial charge is 0.321 e. The molecule has 0 bridgehead atoms. The minimum Gasteiger partial charge on any atom is -0.480 e. The van der Waals surface area contributed by atoms with Gasteiger partial charge in [-0.1, -0.05) is 48.0 Å². The molecular weight excluding hydrogens is 256 g/mol. The normalized spacial score (nSPS) is 12.1. The first-order valence-electron chi connectivity index (χ1n) is 6.09. The van der Waals surface area contributed by atoms with Crippen molar-refractivity contribution < 1.29 is 9.90 Å². The van der Waals surface area contributed by atoms with Crippen LogP contribution in [0.15, 0.2) is 53.4 Å². The van der Waals surface area contributed by atoms with Crippen LogP contribution in [0.2, 0.25) is 0 Å². The summed E-state index contributed by atoms with van der Waals surface area (Å²) in [5.74, 6) is -0.809. The predicted octanol–water partition coefficient (Wildman–Crippen LogP) is 4.22. The molecule has 1 N–H and O–H groups in total. The fraction of sp³-hybridized carbons (Fsp3) is 0.188. The van der Waals surface area contributed by atoms with Crippen LogP contribution >= 0.6 is 11.8 Å². The number of rotatable bonds is 4. The summed E-state index contributed by atoms with van der Waals surface area (Å²) in [4.78, 5) is 12.5. The number of hydrogen-bond donors (Lipinski definition) is 1. The van der Waals surface area contributed by atoms with Crippen LogP contribution in [0, 0.1) is 13.8 Å². The fourth-order valence-electron chi connectivity index (χ4n) is 1.95. The first-order valence-corrected chi connectivity index (χ1v) is 6.97. The van der Waals surface area contributed by atoms with E-state index in [1.54, 1.807) is 0 Å². The summed E-state index contributed by atoms with van der Waals surface area (Å²) in [6, 6.07) is 15.4. The first-order chi connectivity index (χ1) is 9.08. The quantitative estimate of drug-likeness (QED) is 0.847. The molecule has 0 fully saturated rings. The fourth-order valence-corrected chi connectivity index (χ4v) is 2.99. The highest BCUT2D eigenvalue weighted by Gasteiger charge is 2.21. The SMILES string of the molecule is Cc1ccc(SC(C(=O)O)c2ccccc2)c(C)c1. The summed E-state index contributed by atoms with van der Waals surface area (Å²) in [6.45, 7) is 4.05. The maximum atomic E-state index is 11.5. The second-order valence-electron chi connectivity index (χ2n) is 4.52. The standard InChI is InChI=1S/C16H16O2S/c1-11-8-9-14(12(2)10-11)19-15(16(17)18)13-6-4-3-5-7-13/h3-10,15H,1-2H3,(H,17,18). The molecule has 0 aliphatic heterocycles. The van der Waals surface area contributed by atoms with Gasteiger partial charge >= 0.3 is 5.97 Å². The van der Waals surface area contributed by atoms with Crippen molar-refractivity contribution in [2.75, 3.05) is 0 Å². The summed E-state index contributed by atoms with van der Waals surface area (Å²) < 4.78 is 0. The van der Waals surface area contributed by atoms with E-state index in [0.717, 1.165) is 16.0 Å². The van der Waals surface area contributed by atoms with E-state index in [9.17, 15) is 9.90 Å². The number of aliphatic carboxylic acids is 1. The third-order valence-corrected chi connectivity index (χ3v) is 4.32. The van der Waals surface area contributed by atoms with Gasteiger partial charge in [0.25, 0.3) is 0 Å². The summed E-state index contributed by atoms with van der Waals surface area (Å²) >= 11 is 1.39. The van der Waals surface area contributed by atoms with Gasteiger partial charge in [0, 0.05) is 4.90 Å². The van der Waals surface area contributed by atoms with Crippen molar-refractivity contribution in [1.82, 2.24) is 0 Å². The van der Waals surface area contributed by atoms with Crippen LogP contribution in [0.25, 0.3) is 0 Å². The third kappa shape index (κ3) is 3.38. The average molecular weight is 272 g/mol. The van der Waals surface area contributed by atoms with Crippen molar-refractivity contribution in [3.8, 4) is 0 Å². The Balaban J connectivity index is 2.29. The summed E-state index contributed by atoms with van der Waals surface area (Å²) in [7, 11) is 0. The maximum Gasteiger partial charge on any atom is 0.321 e. The van der Waals surface area contributed by atoms with Gasteiger partial charge in [-0.15, -0.1) is 11.8 Å². The van der Waals surface area contributed by atoms with Crippen LogP contribution in [-0.2, 0) is 4.79 Å².